The molecule has 4 nitrogen and oxygen atoms in total. The summed E-state index contributed by atoms with van der Waals surface area (Å²) < 4.78 is 5.39. The molecule has 0 fully saturated rings. The molecule has 0 aliphatic carbocycles. The van der Waals surface area contributed by atoms with E-state index in [-0.39, 0.29) is 0 Å². The van der Waals surface area contributed by atoms with Crippen LogP contribution in [-0.2, 0) is 0 Å². The Kier molecular flexibility index (Phi) is 4.25. The summed E-state index contributed by atoms with van der Waals surface area (Å²) in [5.74, 6) is 0.796. The van der Waals surface area contributed by atoms with Gasteiger partial charge in [0.2, 0.25) is 0 Å². The first-order valence-corrected chi connectivity index (χ1v) is 7.57. The number of benzene rings is 2. The van der Waals surface area contributed by atoms with E-state index < -0.39 is 0 Å². The van der Waals surface area contributed by atoms with Crippen molar-refractivity contribution in [3.63, 3.8) is 0 Å². The first kappa shape index (κ1) is 14.4. The molecule has 110 valence electrons. The second-order valence-electron chi connectivity index (χ2n) is 4.61. The van der Waals surface area contributed by atoms with Crippen LogP contribution >= 0.6 is 11.8 Å². The third-order valence-electron chi connectivity index (χ3n) is 3.13. The zero-order chi connectivity index (χ0) is 15.4. The predicted molar refractivity (Wildman–Crippen MR) is 89.0 cm³/mol. The predicted octanol–water partition coefficient (Wildman–Crippen LogP) is 3.89. The molecular formula is C17H15N3OS. The van der Waals surface area contributed by atoms with E-state index >= 15 is 0 Å². The van der Waals surface area contributed by atoms with E-state index in [1.54, 1.807) is 25.2 Å². The Labute approximate surface area is 133 Å². The number of nitrogen functional groups attached to an aromatic ring is 1. The Morgan fingerprint density at radius 3 is 2.55 bits per heavy atom. The van der Waals surface area contributed by atoms with Crippen molar-refractivity contribution >= 4 is 17.4 Å². The van der Waals surface area contributed by atoms with Gasteiger partial charge in [-0.3, -0.25) is 0 Å². The van der Waals surface area contributed by atoms with E-state index in [1.165, 1.54) is 0 Å². The first-order chi connectivity index (χ1) is 10.8. The number of ether oxygens (including phenoxy) is 1. The van der Waals surface area contributed by atoms with Gasteiger partial charge in [0.1, 0.15) is 17.1 Å². The number of methoxy groups -OCH3 is 1. The zero-order valence-electron chi connectivity index (χ0n) is 12.1. The molecule has 3 rings (SSSR count). The quantitative estimate of drug-likeness (QED) is 0.585. The molecular weight excluding hydrogens is 294 g/mol. The SMILES string of the molecule is COc1ccccc1-c1cc(Sc2ccc(N)cc2)ncn1. The minimum absolute atomic E-state index is 0.752. The van der Waals surface area contributed by atoms with E-state index in [1.807, 2.05) is 54.6 Å². The van der Waals surface area contributed by atoms with E-state index in [4.69, 9.17) is 10.5 Å². The smallest absolute Gasteiger partial charge is 0.128 e. The van der Waals surface area contributed by atoms with Crippen molar-refractivity contribution in [2.75, 3.05) is 12.8 Å². The van der Waals surface area contributed by atoms with Crippen LogP contribution in [0.2, 0.25) is 0 Å². The summed E-state index contributed by atoms with van der Waals surface area (Å²) in [7, 11) is 1.66. The number of hydrogen-bond donors (Lipinski definition) is 1. The summed E-state index contributed by atoms with van der Waals surface area (Å²) in [6.07, 6.45) is 1.57. The highest BCUT2D eigenvalue weighted by atomic mass is 32.2. The van der Waals surface area contributed by atoms with Gasteiger partial charge in [-0.15, -0.1) is 0 Å². The molecule has 3 aromatic rings. The molecule has 0 spiro atoms. The Bertz CT molecular complexity index is 775. The van der Waals surface area contributed by atoms with E-state index in [0.29, 0.717) is 0 Å². The number of rotatable bonds is 4. The van der Waals surface area contributed by atoms with Gasteiger partial charge in [-0.05, 0) is 42.5 Å². The second-order valence-corrected chi connectivity index (χ2v) is 5.71. The Morgan fingerprint density at radius 2 is 1.77 bits per heavy atom. The molecule has 0 amide bonds. The number of nitrogens with two attached hydrogens (primary N) is 1. The minimum Gasteiger partial charge on any atom is -0.496 e. The van der Waals surface area contributed by atoms with E-state index in [2.05, 4.69) is 9.97 Å². The van der Waals surface area contributed by atoms with Gasteiger partial charge in [0.15, 0.2) is 0 Å². The number of aromatic nitrogens is 2. The third kappa shape index (κ3) is 3.20. The molecule has 22 heavy (non-hydrogen) atoms. The van der Waals surface area contributed by atoms with Crippen LogP contribution in [0.5, 0.6) is 5.75 Å². The van der Waals surface area contributed by atoms with Gasteiger partial charge in [0, 0.05) is 16.1 Å². The van der Waals surface area contributed by atoms with E-state index in [9.17, 15) is 0 Å². The average molecular weight is 309 g/mol. The van der Waals surface area contributed by atoms with Crippen LogP contribution in [0, 0.1) is 0 Å². The van der Waals surface area contributed by atoms with Crippen LogP contribution in [0.15, 0.2) is 70.8 Å². The Balaban J connectivity index is 1.91. The maximum atomic E-state index is 5.70. The molecule has 2 N–H and O–H groups in total. The van der Waals surface area contributed by atoms with Crippen molar-refractivity contribution in [2.24, 2.45) is 0 Å². The van der Waals surface area contributed by atoms with Crippen molar-refractivity contribution in [1.82, 2.24) is 9.97 Å². The maximum Gasteiger partial charge on any atom is 0.128 e. The lowest BCUT2D eigenvalue weighted by Crippen LogP contribution is -1.91. The first-order valence-electron chi connectivity index (χ1n) is 6.75. The Morgan fingerprint density at radius 1 is 1.00 bits per heavy atom. The molecule has 0 aliphatic heterocycles. The lowest BCUT2D eigenvalue weighted by Gasteiger charge is -2.08. The molecule has 5 heteroatoms. The van der Waals surface area contributed by atoms with Crippen molar-refractivity contribution in [3.05, 3.63) is 60.9 Å². The van der Waals surface area contributed by atoms with Gasteiger partial charge in [0.05, 0.1) is 12.8 Å². The second kappa shape index (κ2) is 6.49. The molecule has 0 atom stereocenters. The largest absolute Gasteiger partial charge is 0.496 e. The number of hydrogen-bond acceptors (Lipinski definition) is 5. The fraction of sp³-hybridized carbons (Fsp3) is 0.0588. The summed E-state index contributed by atoms with van der Waals surface area (Å²) in [4.78, 5) is 9.75. The van der Waals surface area contributed by atoms with Gasteiger partial charge in [-0.1, -0.05) is 23.9 Å². The van der Waals surface area contributed by atoms with Crippen LogP contribution in [0.25, 0.3) is 11.3 Å². The molecule has 0 unspecified atom stereocenters. The van der Waals surface area contributed by atoms with Crippen molar-refractivity contribution in [3.8, 4) is 17.0 Å². The molecule has 0 aliphatic rings. The normalized spacial score (nSPS) is 10.4. The third-order valence-corrected chi connectivity index (χ3v) is 4.07. The highest BCUT2D eigenvalue weighted by Gasteiger charge is 2.08. The average Bonchev–Trinajstić information content (AvgIpc) is 2.57. The molecule has 1 aromatic heterocycles. The van der Waals surface area contributed by atoms with Crippen LogP contribution in [0.4, 0.5) is 5.69 Å². The minimum atomic E-state index is 0.752. The lowest BCUT2D eigenvalue weighted by atomic mass is 10.1. The van der Waals surface area contributed by atoms with Crippen molar-refractivity contribution in [1.29, 1.82) is 0 Å². The molecule has 0 saturated carbocycles. The summed E-state index contributed by atoms with van der Waals surface area (Å²) in [6.45, 7) is 0. The summed E-state index contributed by atoms with van der Waals surface area (Å²) in [6, 6.07) is 17.5. The van der Waals surface area contributed by atoms with Crippen molar-refractivity contribution in [2.45, 2.75) is 9.92 Å². The lowest BCUT2D eigenvalue weighted by molar-refractivity contribution is 0.416. The number of anilines is 1. The van der Waals surface area contributed by atoms with Gasteiger partial charge < -0.3 is 10.5 Å². The van der Waals surface area contributed by atoms with Gasteiger partial charge >= 0.3 is 0 Å². The summed E-state index contributed by atoms with van der Waals surface area (Å²) in [5, 5.41) is 0.876. The van der Waals surface area contributed by atoms with Crippen LogP contribution in [0.1, 0.15) is 0 Å². The van der Waals surface area contributed by atoms with Gasteiger partial charge in [0.25, 0.3) is 0 Å². The highest BCUT2D eigenvalue weighted by molar-refractivity contribution is 7.99. The van der Waals surface area contributed by atoms with E-state index in [0.717, 1.165) is 32.6 Å². The summed E-state index contributed by atoms with van der Waals surface area (Å²) >= 11 is 1.57. The zero-order valence-corrected chi connectivity index (χ0v) is 12.9. The van der Waals surface area contributed by atoms with Crippen LogP contribution < -0.4 is 10.5 Å². The van der Waals surface area contributed by atoms with Gasteiger partial charge in [-0.25, -0.2) is 9.97 Å². The fourth-order valence-corrected chi connectivity index (χ4v) is 2.84. The van der Waals surface area contributed by atoms with Gasteiger partial charge in [-0.2, -0.15) is 0 Å². The topological polar surface area (TPSA) is 61.0 Å². The van der Waals surface area contributed by atoms with Crippen LogP contribution in [-0.4, -0.2) is 17.1 Å². The maximum absolute atomic E-state index is 5.70. The van der Waals surface area contributed by atoms with Crippen LogP contribution in [0.3, 0.4) is 0 Å². The number of nitrogens with zero attached hydrogens (tertiary/aromatic N) is 2. The van der Waals surface area contributed by atoms with Crippen molar-refractivity contribution < 1.29 is 4.74 Å². The molecule has 1 heterocycles. The number of para-hydroxylation sites is 1. The monoisotopic (exact) mass is 309 g/mol. The molecule has 2 aromatic carbocycles. The molecule has 0 radical (unpaired) electrons. The molecule has 0 saturated heterocycles. The summed E-state index contributed by atoms with van der Waals surface area (Å²) in [5.41, 5.74) is 8.24. The fourth-order valence-electron chi connectivity index (χ4n) is 2.06. The molecule has 0 bridgehead atoms. The highest BCUT2D eigenvalue weighted by Crippen LogP contribution is 2.32. The standard InChI is InChI=1S/C17H15N3OS/c1-21-16-5-3-2-4-14(16)15-10-17(20-11-19-15)22-13-8-6-12(18)7-9-13/h2-11H,18H2,1H3. The Hall–Kier alpha value is -2.53.